The molecule has 1 fully saturated rings. The van der Waals surface area contributed by atoms with E-state index in [0.717, 1.165) is 19.2 Å². The summed E-state index contributed by atoms with van der Waals surface area (Å²) in [4.78, 5) is 33.8. The molecule has 0 radical (unpaired) electrons. The minimum atomic E-state index is -4.58. The van der Waals surface area contributed by atoms with Gasteiger partial charge in [-0.3, -0.25) is 10.2 Å². The minimum Gasteiger partial charge on any atom is -0.453 e. The van der Waals surface area contributed by atoms with E-state index in [2.05, 4.69) is 25.3 Å². The fraction of sp³-hybridized carbons (Fsp3) is 0.393. The number of fused-ring (bicyclic) bond motifs is 4. The fourth-order valence-corrected chi connectivity index (χ4v) is 5.50. The number of nitrogens with zero attached hydrogens (tertiary/aromatic N) is 2. The van der Waals surface area contributed by atoms with E-state index in [4.69, 9.17) is 16.3 Å². The summed E-state index contributed by atoms with van der Waals surface area (Å²) in [5.74, 6) is -1.54. The number of carbonyl (C=O) groups is 2. The van der Waals surface area contributed by atoms with Crippen LogP contribution in [0, 0.1) is 11.6 Å². The van der Waals surface area contributed by atoms with Crippen molar-refractivity contribution in [2.45, 2.75) is 56.5 Å². The Hall–Kier alpha value is -4.07. The zero-order valence-electron chi connectivity index (χ0n) is 22.7. The number of H-pyrrole nitrogens is 1. The van der Waals surface area contributed by atoms with Gasteiger partial charge in [0.25, 0.3) is 0 Å². The van der Waals surface area contributed by atoms with Gasteiger partial charge in [0, 0.05) is 29.9 Å². The highest BCUT2D eigenvalue weighted by Crippen LogP contribution is 2.39. The monoisotopic (exact) mass is 627 g/mol. The summed E-state index contributed by atoms with van der Waals surface area (Å²) in [6, 6.07) is 3.84. The summed E-state index contributed by atoms with van der Waals surface area (Å²) in [5, 5.41) is 4.71. The van der Waals surface area contributed by atoms with Crippen LogP contribution in [-0.2, 0) is 9.47 Å². The average molecular weight is 628 g/mol. The topological polar surface area (TPSA) is 109 Å². The Morgan fingerprint density at radius 1 is 1.16 bits per heavy atom. The van der Waals surface area contributed by atoms with E-state index in [1.165, 1.54) is 29.3 Å². The molecule has 1 aromatic heterocycles. The first-order valence-electron chi connectivity index (χ1n) is 13.4. The number of hydrogen-bond acceptors (Lipinski definition) is 6. The molecule has 0 saturated carbocycles. The summed E-state index contributed by atoms with van der Waals surface area (Å²) >= 11 is 5.81. The van der Waals surface area contributed by atoms with Gasteiger partial charge in [-0.2, -0.15) is 13.2 Å². The number of anilines is 2. The molecule has 2 aliphatic heterocycles. The minimum absolute atomic E-state index is 0.0431. The SMILES string of the molecule is COC(=O)Nc1ccc2c(c1)N[C@H](C(F)(F)F)CCCCC(N1CCC(c3c(F)ccc(Cl)c3F)OC1=O)c1ncc-2[nH]1. The predicted octanol–water partition coefficient (Wildman–Crippen LogP) is 7.73. The normalized spacial score (nSPS) is 21.0. The number of benzene rings is 2. The van der Waals surface area contributed by atoms with Crippen molar-refractivity contribution in [3.05, 3.63) is 64.6 Å². The second kappa shape index (κ2) is 12.3. The number of halogens is 6. The molecule has 2 aromatic carbocycles. The average Bonchev–Trinajstić information content (AvgIpc) is 3.44. The lowest BCUT2D eigenvalue weighted by Crippen LogP contribution is -2.42. The number of methoxy groups -OCH3 is 1. The van der Waals surface area contributed by atoms with Crippen LogP contribution in [0.4, 0.5) is 42.9 Å². The van der Waals surface area contributed by atoms with E-state index in [-0.39, 0.29) is 48.6 Å². The summed E-state index contributed by atoms with van der Waals surface area (Å²) in [6.07, 6.45) is -5.50. The maximum absolute atomic E-state index is 14.6. The Labute approximate surface area is 247 Å². The van der Waals surface area contributed by atoms with E-state index in [9.17, 15) is 31.5 Å². The number of carbonyl (C=O) groups excluding carboxylic acids is 2. The number of aromatic amines is 1. The molecule has 2 unspecified atom stereocenters. The first kappa shape index (κ1) is 30.4. The molecule has 43 heavy (non-hydrogen) atoms. The van der Waals surface area contributed by atoms with Crippen molar-refractivity contribution in [3.63, 3.8) is 0 Å². The Kier molecular flexibility index (Phi) is 8.67. The van der Waals surface area contributed by atoms with Crippen molar-refractivity contribution < 1.29 is 41.0 Å². The number of alkyl halides is 3. The number of rotatable bonds is 3. The predicted molar refractivity (Wildman–Crippen MR) is 147 cm³/mol. The quantitative estimate of drug-likeness (QED) is 0.203. The van der Waals surface area contributed by atoms with Crippen LogP contribution in [0.15, 0.2) is 36.5 Å². The fourth-order valence-electron chi connectivity index (χ4n) is 5.34. The molecule has 0 aliphatic carbocycles. The van der Waals surface area contributed by atoms with Crippen LogP contribution in [0.25, 0.3) is 11.3 Å². The van der Waals surface area contributed by atoms with Crippen molar-refractivity contribution in [2.24, 2.45) is 0 Å². The van der Waals surface area contributed by atoms with E-state index >= 15 is 0 Å². The first-order chi connectivity index (χ1) is 20.5. The lowest BCUT2D eigenvalue weighted by molar-refractivity contribution is -0.144. The summed E-state index contributed by atoms with van der Waals surface area (Å²) in [7, 11) is 1.16. The van der Waals surface area contributed by atoms with Crippen LogP contribution in [0.5, 0.6) is 0 Å². The van der Waals surface area contributed by atoms with Gasteiger partial charge in [0.2, 0.25) is 0 Å². The van der Waals surface area contributed by atoms with Gasteiger partial charge in [0.1, 0.15) is 23.8 Å². The molecule has 3 aromatic rings. The standard InChI is InChI=1S/C28H27ClF5N5O4/c1-42-26(40)36-14-6-7-15-18(12-14)37-22(28(32,33)34)5-3-2-4-20(25-35-13-19(15)38-25)39-11-10-21(43-27(39)41)23-17(30)9-8-16(29)24(23)31/h6-9,12-13,20-22,37H,2-5,10-11H2,1H3,(H,35,38)(H,36,40)/t20?,21?,22-/m0/s1. The van der Waals surface area contributed by atoms with Crippen LogP contribution in [0.1, 0.15) is 55.6 Å². The maximum Gasteiger partial charge on any atom is 0.411 e. The van der Waals surface area contributed by atoms with Crippen LogP contribution in [-0.4, -0.2) is 52.9 Å². The molecule has 2 bridgehead atoms. The smallest absolute Gasteiger partial charge is 0.411 e. The van der Waals surface area contributed by atoms with Gasteiger partial charge in [0.05, 0.1) is 35.6 Å². The van der Waals surface area contributed by atoms with Crippen LogP contribution in [0.3, 0.4) is 0 Å². The van der Waals surface area contributed by atoms with Crippen molar-refractivity contribution in [1.82, 2.24) is 14.9 Å². The third-order valence-corrected chi connectivity index (χ3v) is 7.78. The molecule has 1 saturated heterocycles. The summed E-state index contributed by atoms with van der Waals surface area (Å²) in [5.41, 5.74) is 0.565. The van der Waals surface area contributed by atoms with Gasteiger partial charge in [-0.05, 0) is 43.2 Å². The summed E-state index contributed by atoms with van der Waals surface area (Å²) < 4.78 is 81.3. The van der Waals surface area contributed by atoms with E-state index in [1.807, 2.05) is 0 Å². The third-order valence-electron chi connectivity index (χ3n) is 7.49. The van der Waals surface area contributed by atoms with Gasteiger partial charge < -0.3 is 19.8 Å². The number of amides is 2. The van der Waals surface area contributed by atoms with Crippen molar-refractivity contribution in [1.29, 1.82) is 0 Å². The molecule has 2 amide bonds. The van der Waals surface area contributed by atoms with Gasteiger partial charge >= 0.3 is 18.4 Å². The number of nitrogens with one attached hydrogen (secondary N) is 3. The van der Waals surface area contributed by atoms with E-state index in [1.54, 1.807) is 0 Å². The second-order valence-corrected chi connectivity index (χ2v) is 10.6. The third kappa shape index (κ3) is 6.48. The molecule has 0 spiro atoms. The van der Waals surface area contributed by atoms with Crippen LogP contribution < -0.4 is 10.6 Å². The van der Waals surface area contributed by atoms with Crippen molar-refractivity contribution >= 4 is 35.2 Å². The van der Waals surface area contributed by atoms with E-state index in [0.29, 0.717) is 23.5 Å². The maximum atomic E-state index is 14.6. The molecular weight excluding hydrogens is 601 g/mol. The lowest BCUT2D eigenvalue weighted by Gasteiger charge is -2.36. The van der Waals surface area contributed by atoms with Gasteiger partial charge in [-0.1, -0.05) is 24.4 Å². The van der Waals surface area contributed by atoms with Crippen LogP contribution >= 0.6 is 11.6 Å². The van der Waals surface area contributed by atoms with Gasteiger partial charge in [-0.25, -0.2) is 23.4 Å². The van der Waals surface area contributed by atoms with E-state index < -0.39 is 53.7 Å². The van der Waals surface area contributed by atoms with Crippen molar-refractivity contribution in [2.75, 3.05) is 24.3 Å². The highest BCUT2D eigenvalue weighted by molar-refractivity contribution is 6.30. The van der Waals surface area contributed by atoms with Crippen LogP contribution in [0.2, 0.25) is 5.02 Å². The molecule has 2 aliphatic rings. The first-order valence-corrected chi connectivity index (χ1v) is 13.8. The van der Waals surface area contributed by atoms with Gasteiger partial charge in [-0.15, -0.1) is 0 Å². The highest BCUT2D eigenvalue weighted by Gasteiger charge is 2.41. The molecule has 3 heterocycles. The number of hydrogen-bond donors (Lipinski definition) is 3. The molecule has 15 heteroatoms. The van der Waals surface area contributed by atoms with Gasteiger partial charge in [0.15, 0.2) is 5.82 Å². The van der Waals surface area contributed by atoms with Crippen molar-refractivity contribution in [3.8, 4) is 11.3 Å². The highest BCUT2D eigenvalue weighted by atomic mass is 35.5. The Balaban J connectivity index is 1.46. The second-order valence-electron chi connectivity index (χ2n) is 10.2. The molecule has 3 N–H and O–H groups in total. The number of cyclic esters (lactones) is 1. The number of aromatic nitrogens is 2. The zero-order chi connectivity index (χ0) is 30.9. The Morgan fingerprint density at radius 3 is 2.65 bits per heavy atom. The number of ether oxygens (including phenoxy) is 2. The molecule has 9 nitrogen and oxygen atoms in total. The molecule has 230 valence electrons. The zero-order valence-corrected chi connectivity index (χ0v) is 23.5. The molecule has 5 rings (SSSR count). The lowest BCUT2D eigenvalue weighted by atomic mass is 9.99. The molecular formula is C28H27ClF5N5O4. The largest absolute Gasteiger partial charge is 0.453 e. The summed E-state index contributed by atoms with van der Waals surface area (Å²) in [6.45, 7) is 0.0431. The Bertz CT molecular complexity index is 1520. The molecule has 3 atom stereocenters. The Morgan fingerprint density at radius 2 is 1.93 bits per heavy atom. The number of imidazole rings is 1.